The Morgan fingerprint density at radius 1 is 1.17 bits per heavy atom. The van der Waals surface area contributed by atoms with Crippen molar-refractivity contribution in [3.63, 3.8) is 0 Å². The molecule has 11 heteroatoms. The molecular weight excluding hydrogens is 460 g/mol. The van der Waals surface area contributed by atoms with Gasteiger partial charge in [0.15, 0.2) is 14.9 Å². The Labute approximate surface area is 190 Å². The first-order chi connectivity index (χ1) is 14.6. The number of halogens is 1. The van der Waals surface area contributed by atoms with Gasteiger partial charge in [-0.2, -0.15) is 5.10 Å². The van der Waals surface area contributed by atoms with Crippen molar-refractivity contribution in [1.82, 2.24) is 25.0 Å². The smallest absolute Gasteiger partial charge is 0.246 e. The first-order valence-electron chi connectivity index (χ1n) is 8.80. The van der Waals surface area contributed by atoms with Crippen LogP contribution in [0.3, 0.4) is 0 Å². The number of hydrogen-bond acceptors (Lipinski definition) is 7. The van der Waals surface area contributed by atoms with Gasteiger partial charge >= 0.3 is 0 Å². The zero-order valence-electron chi connectivity index (χ0n) is 15.4. The van der Waals surface area contributed by atoms with E-state index < -0.39 is 0 Å². The Morgan fingerprint density at radius 2 is 1.93 bits per heavy atom. The minimum absolute atomic E-state index is 0.000630. The number of benzene rings is 2. The first-order valence-corrected chi connectivity index (χ1v) is 11.4. The summed E-state index contributed by atoms with van der Waals surface area (Å²) in [5.74, 6) is 1.08. The molecule has 0 fully saturated rings. The molecule has 0 saturated carbocycles. The number of amides is 1. The summed E-state index contributed by atoms with van der Waals surface area (Å²) >= 11 is 14.1. The highest BCUT2D eigenvalue weighted by molar-refractivity contribution is 8.00. The molecule has 0 aliphatic carbocycles. The number of aromatic amines is 1. The van der Waals surface area contributed by atoms with E-state index in [9.17, 15) is 4.79 Å². The van der Waals surface area contributed by atoms with E-state index in [-0.39, 0.29) is 12.5 Å². The molecule has 0 aliphatic heterocycles. The summed E-state index contributed by atoms with van der Waals surface area (Å²) in [6, 6.07) is 17.3. The number of carbonyl (C=O) groups excluding carboxylic acids is 1. The molecule has 0 atom stereocenters. The first kappa shape index (κ1) is 20.7. The third-order valence-electron chi connectivity index (χ3n) is 4.02. The Bertz CT molecular complexity index is 1200. The fourth-order valence-corrected chi connectivity index (χ4v) is 4.67. The second-order valence-corrected chi connectivity index (χ2v) is 9.16. The maximum absolute atomic E-state index is 12.5. The van der Waals surface area contributed by atoms with Crippen LogP contribution < -0.4 is 5.32 Å². The maximum atomic E-state index is 12.5. The summed E-state index contributed by atoms with van der Waals surface area (Å²) < 4.78 is 2.77. The van der Waals surface area contributed by atoms with Gasteiger partial charge in [-0.05, 0) is 42.0 Å². The van der Waals surface area contributed by atoms with Crippen LogP contribution in [0, 0.1) is 4.77 Å². The van der Waals surface area contributed by atoms with Gasteiger partial charge in [0.25, 0.3) is 0 Å². The number of aromatic nitrogens is 5. The molecule has 1 amide bonds. The highest BCUT2D eigenvalue weighted by Crippen LogP contribution is 2.28. The summed E-state index contributed by atoms with van der Waals surface area (Å²) in [4.78, 5) is 12.5. The molecule has 30 heavy (non-hydrogen) atoms. The van der Waals surface area contributed by atoms with Crippen molar-refractivity contribution in [3.8, 4) is 11.4 Å². The number of nitrogens with one attached hydrogen (secondary N) is 2. The number of anilines is 1. The molecule has 4 rings (SSSR count). The molecule has 0 aliphatic rings. The Hall–Kier alpha value is -2.53. The number of carbonyl (C=O) groups is 1. The van der Waals surface area contributed by atoms with Crippen LogP contribution in [-0.4, -0.2) is 30.9 Å². The van der Waals surface area contributed by atoms with Gasteiger partial charge in [-0.1, -0.05) is 65.0 Å². The molecule has 2 N–H and O–H groups in total. The molecule has 2 aromatic heterocycles. The molecule has 2 heterocycles. The number of thioether (sulfide) groups is 1. The summed E-state index contributed by atoms with van der Waals surface area (Å²) in [6.45, 7) is -0.000630. The fraction of sp³-hybridized carbons (Fsp3) is 0.105. The van der Waals surface area contributed by atoms with Gasteiger partial charge in [0.2, 0.25) is 11.0 Å². The Morgan fingerprint density at radius 3 is 2.70 bits per heavy atom. The Kier molecular flexibility index (Phi) is 6.58. The van der Waals surface area contributed by atoms with Gasteiger partial charge in [0.1, 0.15) is 6.54 Å². The van der Waals surface area contributed by atoms with Crippen LogP contribution in [0.15, 0.2) is 58.9 Å². The van der Waals surface area contributed by atoms with Crippen LogP contribution in [0.1, 0.15) is 5.56 Å². The van der Waals surface area contributed by atoms with Crippen LogP contribution in [0.4, 0.5) is 5.13 Å². The minimum atomic E-state index is -0.265. The molecule has 0 bridgehead atoms. The summed E-state index contributed by atoms with van der Waals surface area (Å²) in [5.41, 5.74) is 2.00. The average molecular weight is 475 g/mol. The van der Waals surface area contributed by atoms with E-state index in [4.69, 9.17) is 23.8 Å². The number of nitrogens with zero attached hydrogens (tertiary/aromatic N) is 4. The van der Waals surface area contributed by atoms with Gasteiger partial charge in [-0.3, -0.25) is 19.8 Å². The van der Waals surface area contributed by atoms with Crippen LogP contribution in [0.25, 0.3) is 11.4 Å². The maximum Gasteiger partial charge on any atom is 0.246 e. The van der Waals surface area contributed by atoms with E-state index in [0.29, 0.717) is 20.7 Å². The Balaban J connectivity index is 1.40. The SMILES string of the molecule is O=C(Cn1c(-c2ccc(Cl)cc2)n[nH]c1=S)Nc1nnc(SCc2ccccc2)s1. The third-order valence-corrected chi connectivity index (χ3v) is 6.63. The van der Waals surface area contributed by atoms with Crippen molar-refractivity contribution >= 4 is 58.0 Å². The van der Waals surface area contributed by atoms with E-state index in [1.165, 1.54) is 16.9 Å². The zero-order chi connectivity index (χ0) is 20.9. The third kappa shape index (κ3) is 5.14. The summed E-state index contributed by atoms with van der Waals surface area (Å²) in [7, 11) is 0. The van der Waals surface area contributed by atoms with Crippen molar-refractivity contribution in [2.24, 2.45) is 0 Å². The van der Waals surface area contributed by atoms with Crippen molar-refractivity contribution in [3.05, 3.63) is 70.0 Å². The molecule has 0 saturated heterocycles. The van der Waals surface area contributed by atoms with E-state index in [2.05, 4.69) is 37.8 Å². The number of hydrogen-bond donors (Lipinski definition) is 2. The van der Waals surface area contributed by atoms with E-state index in [0.717, 1.165) is 15.7 Å². The van der Waals surface area contributed by atoms with E-state index in [1.807, 2.05) is 30.3 Å². The molecule has 4 aromatic rings. The lowest BCUT2D eigenvalue weighted by molar-refractivity contribution is -0.116. The molecule has 0 unspecified atom stereocenters. The topological polar surface area (TPSA) is 88.5 Å². The molecule has 152 valence electrons. The van der Waals surface area contributed by atoms with Crippen molar-refractivity contribution < 1.29 is 4.79 Å². The van der Waals surface area contributed by atoms with Gasteiger partial charge < -0.3 is 0 Å². The van der Waals surface area contributed by atoms with Crippen molar-refractivity contribution in [2.75, 3.05) is 5.32 Å². The molecular formula is C19H15ClN6OS3. The van der Waals surface area contributed by atoms with E-state index >= 15 is 0 Å². The van der Waals surface area contributed by atoms with Crippen LogP contribution in [0.2, 0.25) is 5.02 Å². The van der Waals surface area contributed by atoms with Gasteiger partial charge in [0, 0.05) is 16.3 Å². The van der Waals surface area contributed by atoms with Crippen LogP contribution >= 0.6 is 46.9 Å². The van der Waals surface area contributed by atoms with Gasteiger partial charge in [-0.15, -0.1) is 10.2 Å². The van der Waals surface area contributed by atoms with Crippen molar-refractivity contribution in [2.45, 2.75) is 16.6 Å². The normalized spacial score (nSPS) is 10.8. The summed E-state index contributed by atoms with van der Waals surface area (Å²) in [5, 5.41) is 19.0. The standard InChI is InChI=1S/C19H15ClN6OS3/c20-14-8-6-13(7-9-14)16-22-24-18(28)26(16)10-15(27)21-17-23-25-19(30-17)29-11-12-4-2-1-3-5-12/h1-9H,10-11H2,(H,24,28)(H,21,23,27). The lowest BCUT2D eigenvalue weighted by Gasteiger charge is -2.06. The van der Waals surface area contributed by atoms with Crippen LogP contribution in [-0.2, 0) is 17.1 Å². The van der Waals surface area contributed by atoms with E-state index in [1.54, 1.807) is 28.5 Å². The molecule has 0 radical (unpaired) electrons. The zero-order valence-corrected chi connectivity index (χ0v) is 18.6. The predicted molar refractivity (Wildman–Crippen MR) is 122 cm³/mol. The second kappa shape index (κ2) is 9.52. The number of rotatable bonds is 7. The second-order valence-electron chi connectivity index (χ2n) is 6.14. The monoisotopic (exact) mass is 474 g/mol. The molecule has 0 spiro atoms. The highest BCUT2D eigenvalue weighted by Gasteiger charge is 2.14. The van der Waals surface area contributed by atoms with Gasteiger partial charge in [0.05, 0.1) is 0 Å². The average Bonchev–Trinajstić information content (AvgIpc) is 3.35. The highest BCUT2D eigenvalue weighted by atomic mass is 35.5. The summed E-state index contributed by atoms with van der Waals surface area (Å²) in [6.07, 6.45) is 0. The predicted octanol–water partition coefficient (Wildman–Crippen LogP) is 5.04. The molecule has 2 aromatic carbocycles. The lowest BCUT2D eigenvalue weighted by Crippen LogP contribution is -2.19. The largest absolute Gasteiger partial charge is 0.299 e. The quantitative estimate of drug-likeness (QED) is 0.221. The van der Waals surface area contributed by atoms with Crippen molar-refractivity contribution in [1.29, 1.82) is 0 Å². The molecule has 7 nitrogen and oxygen atoms in total. The van der Waals surface area contributed by atoms with Gasteiger partial charge in [-0.25, -0.2) is 0 Å². The van der Waals surface area contributed by atoms with Crippen LogP contribution in [0.5, 0.6) is 0 Å². The fourth-order valence-electron chi connectivity index (χ4n) is 2.62. The lowest BCUT2D eigenvalue weighted by atomic mass is 10.2. The minimum Gasteiger partial charge on any atom is -0.299 e. The number of H-pyrrole nitrogens is 1.